The van der Waals surface area contributed by atoms with Crippen molar-refractivity contribution in [1.29, 1.82) is 0 Å². The molecule has 0 aliphatic carbocycles. The molecule has 1 heterocycles. The Balaban J connectivity index is 2.26. The second kappa shape index (κ2) is 7.40. The molecule has 0 saturated carbocycles. The first-order chi connectivity index (χ1) is 10.5. The van der Waals surface area contributed by atoms with Gasteiger partial charge in [0.15, 0.2) is 5.78 Å². The number of ether oxygens (including phenoxy) is 1. The molecule has 4 nitrogen and oxygen atoms in total. The zero-order chi connectivity index (χ0) is 16.1. The summed E-state index contributed by atoms with van der Waals surface area (Å²) in [6, 6.07) is 7.10. The summed E-state index contributed by atoms with van der Waals surface area (Å²) in [5, 5.41) is 10.3. The number of ketones is 1. The number of carbonyl (C=O) groups is 1. The van der Waals surface area contributed by atoms with Crippen LogP contribution in [0.5, 0.6) is 11.5 Å². The van der Waals surface area contributed by atoms with Gasteiger partial charge in [-0.1, -0.05) is 13.3 Å². The number of rotatable bonds is 6. The van der Waals surface area contributed by atoms with Crippen molar-refractivity contribution in [2.24, 2.45) is 0 Å². The summed E-state index contributed by atoms with van der Waals surface area (Å²) >= 11 is 3.32. The van der Waals surface area contributed by atoms with Crippen LogP contribution in [0.1, 0.15) is 41.8 Å². The van der Waals surface area contributed by atoms with Crippen LogP contribution in [0.25, 0.3) is 0 Å². The van der Waals surface area contributed by atoms with Gasteiger partial charge in [-0.3, -0.25) is 4.79 Å². The Labute approximate surface area is 138 Å². The molecule has 0 unspecified atom stereocenters. The molecule has 0 bridgehead atoms. The summed E-state index contributed by atoms with van der Waals surface area (Å²) in [6.07, 6.45) is 3.21. The monoisotopic (exact) mass is 363 g/mol. The average molecular weight is 364 g/mol. The van der Waals surface area contributed by atoms with E-state index in [-0.39, 0.29) is 11.5 Å². The van der Waals surface area contributed by atoms with Crippen LogP contribution in [-0.4, -0.2) is 15.9 Å². The molecule has 1 aromatic carbocycles. The highest BCUT2D eigenvalue weighted by Gasteiger charge is 2.15. The summed E-state index contributed by atoms with van der Waals surface area (Å²) in [5.74, 6) is 0.486. The summed E-state index contributed by atoms with van der Waals surface area (Å²) in [7, 11) is 0. The van der Waals surface area contributed by atoms with E-state index in [2.05, 4.69) is 20.9 Å². The molecule has 0 fully saturated rings. The van der Waals surface area contributed by atoms with Crippen molar-refractivity contribution in [2.45, 2.75) is 33.3 Å². The first-order valence-corrected chi connectivity index (χ1v) is 7.91. The number of halogens is 1. The average Bonchev–Trinajstić information content (AvgIpc) is 2.47. The lowest BCUT2D eigenvalue weighted by Crippen LogP contribution is -2.02. The third kappa shape index (κ3) is 3.85. The maximum absolute atomic E-state index is 11.5. The molecule has 0 radical (unpaired) electrons. The Morgan fingerprint density at radius 2 is 2.14 bits per heavy atom. The van der Waals surface area contributed by atoms with Gasteiger partial charge in [0.05, 0.1) is 5.56 Å². The number of aromatic hydroxyl groups is 1. The predicted octanol–water partition coefficient (Wildman–Crippen LogP) is 4.28. The second-order valence-corrected chi connectivity index (χ2v) is 5.83. The van der Waals surface area contributed by atoms with Crippen LogP contribution in [-0.2, 0) is 13.0 Å². The molecule has 1 N–H and O–H groups in total. The number of phenols is 1. The Kier molecular flexibility index (Phi) is 5.55. The quantitative estimate of drug-likeness (QED) is 0.614. The number of phenolic OH excluding ortho intramolecular Hbond substituents is 1. The molecule has 2 aromatic rings. The van der Waals surface area contributed by atoms with Gasteiger partial charge in [-0.2, -0.15) is 0 Å². The molecule has 0 aliphatic heterocycles. The van der Waals surface area contributed by atoms with Crippen LogP contribution in [0, 0.1) is 0 Å². The van der Waals surface area contributed by atoms with Gasteiger partial charge in [-0.25, -0.2) is 4.98 Å². The fourth-order valence-corrected chi connectivity index (χ4v) is 2.63. The lowest BCUT2D eigenvalue weighted by molar-refractivity contribution is 0.101. The van der Waals surface area contributed by atoms with Gasteiger partial charge in [0, 0.05) is 11.8 Å². The molecule has 0 aliphatic rings. The van der Waals surface area contributed by atoms with Crippen LogP contribution in [0.4, 0.5) is 0 Å². The summed E-state index contributed by atoms with van der Waals surface area (Å²) in [6.45, 7) is 3.83. The van der Waals surface area contributed by atoms with Crippen LogP contribution < -0.4 is 4.74 Å². The van der Waals surface area contributed by atoms with Crippen LogP contribution >= 0.6 is 15.9 Å². The molecule has 0 atom stereocenters. The zero-order valence-corrected chi connectivity index (χ0v) is 14.2. The van der Waals surface area contributed by atoms with E-state index in [0.29, 0.717) is 29.9 Å². The number of nitrogens with zero attached hydrogens (tertiary/aromatic N) is 1. The Bertz CT molecular complexity index is 686. The van der Waals surface area contributed by atoms with E-state index in [9.17, 15) is 9.90 Å². The highest BCUT2D eigenvalue weighted by Crippen LogP contribution is 2.33. The third-order valence-corrected chi connectivity index (χ3v) is 3.74. The van der Waals surface area contributed by atoms with Crippen molar-refractivity contribution in [3.8, 4) is 11.5 Å². The van der Waals surface area contributed by atoms with Crippen molar-refractivity contribution in [3.63, 3.8) is 0 Å². The minimum atomic E-state index is -0.153. The fourth-order valence-electron chi connectivity index (χ4n) is 2.22. The SMILES string of the molecule is CCCc1c(OCc2ccnc(Br)c2)ccc(C(C)=O)c1O. The molecule has 0 spiro atoms. The molecular weight excluding hydrogens is 346 g/mol. The van der Waals surface area contributed by atoms with Crippen LogP contribution in [0.3, 0.4) is 0 Å². The first-order valence-electron chi connectivity index (χ1n) is 7.12. The van der Waals surface area contributed by atoms with Crippen molar-refractivity contribution < 1.29 is 14.6 Å². The molecule has 0 saturated heterocycles. The van der Waals surface area contributed by atoms with E-state index in [1.165, 1.54) is 6.92 Å². The highest BCUT2D eigenvalue weighted by molar-refractivity contribution is 9.10. The normalized spacial score (nSPS) is 10.5. The number of aromatic nitrogens is 1. The van der Waals surface area contributed by atoms with Crippen molar-refractivity contribution in [3.05, 3.63) is 51.8 Å². The van der Waals surface area contributed by atoms with Crippen molar-refractivity contribution >= 4 is 21.7 Å². The lowest BCUT2D eigenvalue weighted by atomic mass is 10.0. The molecule has 1 aromatic heterocycles. The Morgan fingerprint density at radius 1 is 1.36 bits per heavy atom. The van der Waals surface area contributed by atoms with Crippen LogP contribution in [0.2, 0.25) is 0 Å². The maximum Gasteiger partial charge on any atom is 0.163 e. The largest absolute Gasteiger partial charge is 0.507 e. The molecule has 0 amide bonds. The first kappa shape index (κ1) is 16.5. The van der Waals surface area contributed by atoms with Crippen molar-refractivity contribution in [1.82, 2.24) is 4.98 Å². The number of benzene rings is 1. The van der Waals surface area contributed by atoms with Gasteiger partial charge >= 0.3 is 0 Å². The number of carbonyl (C=O) groups excluding carboxylic acids is 1. The number of hydrogen-bond donors (Lipinski definition) is 1. The summed E-state index contributed by atoms with van der Waals surface area (Å²) in [5.41, 5.74) is 1.99. The van der Waals surface area contributed by atoms with Crippen LogP contribution in [0.15, 0.2) is 35.1 Å². The molecule has 116 valence electrons. The molecular formula is C17H18BrNO3. The molecule has 2 rings (SSSR count). The van der Waals surface area contributed by atoms with Gasteiger partial charge < -0.3 is 9.84 Å². The van der Waals surface area contributed by atoms with E-state index in [4.69, 9.17) is 4.74 Å². The Morgan fingerprint density at radius 3 is 2.77 bits per heavy atom. The minimum Gasteiger partial charge on any atom is -0.507 e. The van der Waals surface area contributed by atoms with Gasteiger partial charge in [-0.15, -0.1) is 0 Å². The van der Waals surface area contributed by atoms with E-state index < -0.39 is 0 Å². The number of hydrogen-bond acceptors (Lipinski definition) is 4. The maximum atomic E-state index is 11.5. The minimum absolute atomic E-state index is 0.0303. The standard InChI is InChI=1S/C17H18BrNO3/c1-3-4-14-15(6-5-13(11(2)20)17(14)21)22-10-12-7-8-19-16(18)9-12/h5-9,21H,3-4,10H2,1-2H3. The second-order valence-electron chi connectivity index (χ2n) is 5.02. The smallest absolute Gasteiger partial charge is 0.163 e. The summed E-state index contributed by atoms with van der Waals surface area (Å²) in [4.78, 5) is 15.6. The number of Topliss-reactive ketones (excluding diaryl/α,β-unsaturated/α-hetero) is 1. The van der Waals surface area contributed by atoms with Gasteiger partial charge in [0.1, 0.15) is 22.7 Å². The predicted molar refractivity (Wildman–Crippen MR) is 88.4 cm³/mol. The lowest BCUT2D eigenvalue weighted by Gasteiger charge is -2.14. The van der Waals surface area contributed by atoms with E-state index in [1.54, 1.807) is 18.3 Å². The van der Waals surface area contributed by atoms with E-state index in [1.807, 2.05) is 19.1 Å². The fraction of sp³-hybridized carbons (Fsp3) is 0.294. The van der Waals surface area contributed by atoms with Gasteiger partial charge in [0.2, 0.25) is 0 Å². The van der Waals surface area contributed by atoms with E-state index >= 15 is 0 Å². The molecule has 22 heavy (non-hydrogen) atoms. The van der Waals surface area contributed by atoms with Gasteiger partial charge in [-0.05, 0) is 59.1 Å². The third-order valence-electron chi connectivity index (χ3n) is 3.30. The zero-order valence-electron chi connectivity index (χ0n) is 12.6. The Hall–Kier alpha value is -1.88. The van der Waals surface area contributed by atoms with E-state index in [0.717, 1.165) is 16.6 Å². The highest BCUT2D eigenvalue weighted by atomic mass is 79.9. The van der Waals surface area contributed by atoms with Gasteiger partial charge in [0.25, 0.3) is 0 Å². The summed E-state index contributed by atoms with van der Waals surface area (Å²) < 4.78 is 6.57. The van der Waals surface area contributed by atoms with Crippen molar-refractivity contribution in [2.75, 3.05) is 0 Å². The topological polar surface area (TPSA) is 59.4 Å². The molecule has 5 heteroatoms. The number of pyridine rings is 1.